The van der Waals surface area contributed by atoms with Crippen LogP contribution in [0.2, 0.25) is 0 Å². The Bertz CT molecular complexity index is 402. The topological polar surface area (TPSA) is 32.5 Å². The molecule has 0 radical (unpaired) electrons. The van der Waals surface area contributed by atoms with Crippen molar-refractivity contribution in [2.75, 3.05) is 33.2 Å². The first kappa shape index (κ1) is 15.0. The van der Waals surface area contributed by atoms with Gasteiger partial charge in [0.25, 0.3) is 0 Å². The number of benzene rings is 1. The molecule has 1 aromatic carbocycles. The summed E-state index contributed by atoms with van der Waals surface area (Å²) in [5.74, 6) is 0. The minimum Gasteiger partial charge on any atom is -0.326 e. The second kappa shape index (κ2) is 6.84. The Balaban J connectivity index is 2.24. The summed E-state index contributed by atoms with van der Waals surface area (Å²) in [6.45, 7) is 6.60. The van der Waals surface area contributed by atoms with Crippen molar-refractivity contribution in [3.05, 3.63) is 34.3 Å². The van der Waals surface area contributed by atoms with Gasteiger partial charge in [-0.2, -0.15) is 0 Å². The molecule has 2 atom stereocenters. The molecule has 0 spiro atoms. The van der Waals surface area contributed by atoms with E-state index in [1.165, 1.54) is 10.0 Å². The van der Waals surface area contributed by atoms with Crippen molar-refractivity contribution in [1.29, 1.82) is 0 Å². The quantitative estimate of drug-likeness (QED) is 0.923. The number of rotatable bonds is 4. The van der Waals surface area contributed by atoms with Crippen LogP contribution >= 0.6 is 15.9 Å². The summed E-state index contributed by atoms with van der Waals surface area (Å²) in [5, 5.41) is 0. The average Bonchev–Trinajstić information content (AvgIpc) is 2.43. The molecule has 2 unspecified atom stereocenters. The maximum Gasteiger partial charge on any atom is 0.0511 e. The number of nitrogens with zero attached hydrogens (tertiary/aromatic N) is 2. The van der Waals surface area contributed by atoms with E-state index in [9.17, 15) is 0 Å². The highest BCUT2D eigenvalue weighted by Gasteiger charge is 2.29. The molecule has 1 saturated heterocycles. The average molecular weight is 326 g/mol. The fourth-order valence-corrected chi connectivity index (χ4v) is 3.26. The Morgan fingerprint density at radius 2 is 1.84 bits per heavy atom. The van der Waals surface area contributed by atoms with E-state index < -0.39 is 0 Å². The molecule has 0 bridgehead atoms. The van der Waals surface area contributed by atoms with Gasteiger partial charge in [0, 0.05) is 36.7 Å². The molecule has 1 aliphatic heterocycles. The van der Waals surface area contributed by atoms with E-state index in [2.05, 4.69) is 64.0 Å². The molecule has 3 nitrogen and oxygen atoms in total. The third-order valence-corrected chi connectivity index (χ3v) is 4.75. The zero-order chi connectivity index (χ0) is 13.8. The zero-order valence-electron chi connectivity index (χ0n) is 11.8. The van der Waals surface area contributed by atoms with E-state index in [0.717, 1.165) is 32.6 Å². The van der Waals surface area contributed by atoms with Crippen LogP contribution in [0.4, 0.5) is 0 Å². The van der Waals surface area contributed by atoms with Crippen molar-refractivity contribution in [3.8, 4) is 0 Å². The Labute approximate surface area is 124 Å². The van der Waals surface area contributed by atoms with Gasteiger partial charge in [0.05, 0.1) is 6.04 Å². The van der Waals surface area contributed by atoms with Crippen molar-refractivity contribution in [1.82, 2.24) is 9.80 Å². The smallest absolute Gasteiger partial charge is 0.0511 e. The first-order chi connectivity index (χ1) is 9.13. The van der Waals surface area contributed by atoms with E-state index in [4.69, 9.17) is 5.73 Å². The lowest BCUT2D eigenvalue weighted by Gasteiger charge is -2.40. The molecule has 1 heterocycles. The van der Waals surface area contributed by atoms with Crippen molar-refractivity contribution in [2.24, 2.45) is 5.73 Å². The number of halogens is 1. The first-order valence-electron chi connectivity index (χ1n) is 7.06. The Morgan fingerprint density at radius 3 is 2.42 bits per heavy atom. The van der Waals surface area contributed by atoms with Crippen LogP contribution in [0, 0.1) is 0 Å². The van der Waals surface area contributed by atoms with Crippen LogP contribution in [0.15, 0.2) is 28.7 Å². The van der Waals surface area contributed by atoms with Crippen LogP contribution in [0.5, 0.6) is 0 Å². The summed E-state index contributed by atoms with van der Waals surface area (Å²) in [7, 11) is 2.19. The summed E-state index contributed by atoms with van der Waals surface area (Å²) in [4.78, 5) is 4.92. The number of hydrogen-bond acceptors (Lipinski definition) is 3. The highest BCUT2D eigenvalue weighted by molar-refractivity contribution is 9.10. The van der Waals surface area contributed by atoms with Crippen LogP contribution in [0.3, 0.4) is 0 Å². The van der Waals surface area contributed by atoms with Gasteiger partial charge >= 0.3 is 0 Å². The summed E-state index contributed by atoms with van der Waals surface area (Å²) < 4.78 is 1.17. The van der Waals surface area contributed by atoms with Crippen molar-refractivity contribution >= 4 is 15.9 Å². The van der Waals surface area contributed by atoms with Crippen molar-refractivity contribution in [3.63, 3.8) is 0 Å². The highest BCUT2D eigenvalue weighted by atomic mass is 79.9. The van der Waals surface area contributed by atoms with Crippen LogP contribution in [0.1, 0.15) is 24.9 Å². The molecule has 106 valence electrons. The second-order valence-electron chi connectivity index (χ2n) is 5.38. The predicted octanol–water partition coefficient (Wildman–Crippen LogP) is 2.47. The van der Waals surface area contributed by atoms with Gasteiger partial charge in [-0.15, -0.1) is 0 Å². The van der Waals surface area contributed by atoms with E-state index in [0.29, 0.717) is 6.04 Å². The van der Waals surface area contributed by atoms with Gasteiger partial charge in [-0.05, 0) is 25.1 Å². The van der Waals surface area contributed by atoms with Gasteiger partial charge < -0.3 is 10.6 Å². The lowest BCUT2D eigenvalue weighted by atomic mass is 9.95. The van der Waals surface area contributed by atoms with Crippen LogP contribution in [0.25, 0.3) is 0 Å². The van der Waals surface area contributed by atoms with Crippen molar-refractivity contribution < 1.29 is 0 Å². The second-order valence-corrected chi connectivity index (χ2v) is 6.23. The maximum absolute atomic E-state index is 6.41. The molecular weight excluding hydrogens is 302 g/mol. The summed E-state index contributed by atoms with van der Waals surface area (Å²) in [5.41, 5.74) is 7.73. The van der Waals surface area contributed by atoms with Gasteiger partial charge in [-0.3, -0.25) is 4.90 Å². The van der Waals surface area contributed by atoms with Gasteiger partial charge in [0.2, 0.25) is 0 Å². The van der Waals surface area contributed by atoms with Crippen LogP contribution < -0.4 is 5.73 Å². The zero-order valence-corrected chi connectivity index (χ0v) is 13.4. The van der Waals surface area contributed by atoms with Gasteiger partial charge in [0.15, 0.2) is 0 Å². The van der Waals surface area contributed by atoms with E-state index >= 15 is 0 Å². The number of hydrogen-bond donors (Lipinski definition) is 1. The molecule has 0 aromatic heterocycles. The number of nitrogens with two attached hydrogens (primary N) is 1. The molecule has 2 rings (SSSR count). The minimum atomic E-state index is 0.183. The number of piperazine rings is 1. The first-order valence-corrected chi connectivity index (χ1v) is 7.85. The normalized spacial score (nSPS) is 21.3. The maximum atomic E-state index is 6.41. The summed E-state index contributed by atoms with van der Waals surface area (Å²) >= 11 is 3.68. The van der Waals surface area contributed by atoms with Crippen LogP contribution in [-0.2, 0) is 0 Å². The number of likely N-dealkylation sites (N-methyl/N-ethyl adjacent to an activating group) is 1. The molecule has 0 aliphatic carbocycles. The predicted molar refractivity (Wildman–Crippen MR) is 84.2 cm³/mol. The molecule has 1 aliphatic rings. The summed E-state index contributed by atoms with van der Waals surface area (Å²) in [6, 6.07) is 8.97. The monoisotopic (exact) mass is 325 g/mol. The van der Waals surface area contributed by atoms with E-state index in [1.54, 1.807) is 0 Å². The molecule has 0 saturated carbocycles. The Morgan fingerprint density at radius 1 is 1.21 bits per heavy atom. The van der Waals surface area contributed by atoms with Gasteiger partial charge in [0.1, 0.15) is 0 Å². The highest BCUT2D eigenvalue weighted by Crippen LogP contribution is 2.31. The largest absolute Gasteiger partial charge is 0.326 e. The third kappa shape index (κ3) is 3.57. The SMILES string of the molecule is CCC(N)C(c1ccccc1Br)N1CCN(C)CC1. The molecule has 1 fully saturated rings. The van der Waals surface area contributed by atoms with Crippen molar-refractivity contribution in [2.45, 2.75) is 25.4 Å². The van der Waals surface area contributed by atoms with E-state index in [-0.39, 0.29) is 6.04 Å². The summed E-state index contributed by atoms with van der Waals surface area (Å²) in [6.07, 6.45) is 0.998. The standard InChI is InChI=1S/C15H24BrN3/c1-3-14(17)15(12-6-4-5-7-13(12)16)19-10-8-18(2)9-11-19/h4-7,14-15H,3,8-11,17H2,1-2H3. The fraction of sp³-hybridized carbons (Fsp3) is 0.600. The van der Waals surface area contributed by atoms with E-state index in [1.807, 2.05) is 0 Å². The Hall–Kier alpha value is -0.420. The van der Waals surface area contributed by atoms with Gasteiger partial charge in [-0.1, -0.05) is 41.1 Å². The lowest BCUT2D eigenvalue weighted by Crippen LogP contribution is -2.50. The van der Waals surface area contributed by atoms with Crippen LogP contribution in [-0.4, -0.2) is 49.1 Å². The van der Waals surface area contributed by atoms with Gasteiger partial charge in [-0.25, -0.2) is 0 Å². The molecular formula is C15H24BrN3. The minimum absolute atomic E-state index is 0.183. The molecule has 1 aromatic rings. The lowest BCUT2D eigenvalue weighted by molar-refractivity contribution is 0.0966. The Kier molecular flexibility index (Phi) is 5.39. The molecule has 2 N–H and O–H groups in total. The third-order valence-electron chi connectivity index (χ3n) is 4.03. The molecule has 0 amide bonds. The fourth-order valence-electron chi connectivity index (χ4n) is 2.74. The molecule has 19 heavy (non-hydrogen) atoms. The molecule has 4 heteroatoms.